The smallest absolute Gasteiger partial charge is 0.395 e. The molecule has 1 aromatic carbocycles. The number of nitrogens with one attached hydrogen (secondary N) is 1. The van der Waals surface area contributed by atoms with E-state index in [1.54, 1.807) is 0 Å². The van der Waals surface area contributed by atoms with Gasteiger partial charge in [0.1, 0.15) is 28.9 Å². The minimum absolute atomic E-state index is 0.107. The summed E-state index contributed by atoms with van der Waals surface area (Å²) in [6.45, 7) is 4.74. The number of nitriles is 1. The van der Waals surface area contributed by atoms with E-state index in [4.69, 9.17) is 9.84 Å². The molecule has 2 N–H and O–H groups in total. The van der Waals surface area contributed by atoms with Gasteiger partial charge >= 0.3 is 12.1 Å². The van der Waals surface area contributed by atoms with Crippen LogP contribution in [0, 0.1) is 11.3 Å². The molecule has 6 nitrogen and oxygen atoms in total. The second-order valence-electron chi connectivity index (χ2n) is 6.85. The van der Waals surface area contributed by atoms with Crippen molar-refractivity contribution in [2.24, 2.45) is 0 Å². The molecule has 0 saturated heterocycles. The Morgan fingerprint density at radius 2 is 2.07 bits per heavy atom. The van der Waals surface area contributed by atoms with Crippen molar-refractivity contribution in [2.45, 2.75) is 25.4 Å². The molecule has 0 amide bonds. The van der Waals surface area contributed by atoms with Crippen LogP contribution in [0.1, 0.15) is 29.5 Å². The first-order valence-corrected chi connectivity index (χ1v) is 9.05. The topological polar surface area (TPSA) is 95.2 Å². The van der Waals surface area contributed by atoms with E-state index in [1.807, 2.05) is 0 Å². The van der Waals surface area contributed by atoms with Crippen LogP contribution in [0.4, 0.5) is 19.0 Å². The SMILES string of the molecule is C=C(CNc1nc(-c2ccc([C@H](C)C(F)(F)F)cc2)c2c(c1C#N)CCO2)C(=O)O. The number of alkyl halides is 3. The number of carboxylic acids is 1. The molecule has 9 heteroatoms. The van der Waals surface area contributed by atoms with Gasteiger partial charge in [-0.15, -0.1) is 0 Å². The largest absolute Gasteiger partial charge is 0.491 e. The van der Waals surface area contributed by atoms with Crippen LogP contribution in [-0.2, 0) is 11.2 Å². The highest BCUT2D eigenvalue weighted by Gasteiger charge is 2.37. The first-order valence-electron chi connectivity index (χ1n) is 9.05. The zero-order valence-electron chi connectivity index (χ0n) is 16.0. The highest BCUT2D eigenvalue weighted by atomic mass is 19.4. The normalized spacial score (nSPS) is 13.7. The maximum Gasteiger partial charge on any atom is 0.395 e. The molecular formula is C21H18F3N3O3. The molecule has 0 unspecified atom stereocenters. The number of fused-ring (bicyclic) bond motifs is 1. The van der Waals surface area contributed by atoms with Gasteiger partial charge in [-0.25, -0.2) is 9.78 Å². The van der Waals surface area contributed by atoms with Crippen molar-refractivity contribution < 1.29 is 27.8 Å². The molecule has 2 aromatic rings. The Hall–Kier alpha value is -3.54. The summed E-state index contributed by atoms with van der Waals surface area (Å²) in [5, 5.41) is 21.4. The summed E-state index contributed by atoms with van der Waals surface area (Å²) in [6, 6.07) is 7.87. The summed E-state index contributed by atoms with van der Waals surface area (Å²) in [5.74, 6) is -2.21. The van der Waals surface area contributed by atoms with E-state index >= 15 is 0 Å². The Labute approximate surface area is 170 Å². The number of benzene rings is 1. The number of anilines is 1. The number of aromatic nitrogens is 1. The minimum Gasteiger partial charge on any atom is -0.491 e. The third kappa shape index (κ3) is 4.08. The van der Waals surface area contributed by atoms with Crippen molar-refractivity contribution in [1.29, 1.82) is 5.26 Å². The first-order chi connectivity index (χ1) is 14.1. The Morgan fingerprint density at radius 1 is 1.40 bits per heavy atom. The first kappa shape index (κ1) is 21.2. The van der Waals surface area contributed by atoms with E-state index in [-0.39, 0.29) is 29.1 Å². The van der Waals surface area contributed by atoms with Gasteiger partial charge in [0, 0.05) is 29.7 Å². The molecule has 0 spiro atoms. The summed E-state index contributed by atoms with van der Waals surface area (Å²) in [4.78, 5) is 15.4. The Kier molecular flexibility index (Phi) is 5.69. The number of nitrogens with zero attached hydrogens (tertiary/aromatic N) is 2. The maximum absolute atomic E-state index is 13.0. The van der Waals surface area contributed by atoms with Crippen molar-refractivity contribution in [3.63, 3.8) is 0 Å². The number of halogens is 3. The third-order valence-electron chi connectivity index (χ3n) is 4.91. The van der Waals surface area contributed by atoms with Gasteiger partial charge in [0.15, 0.2) is 0 Å². The minimum atomic E-state index is -4.35. The second-order valence-corrected chi connectivity index (χ2v) is 6.85. The summed E-state index contributed by atoms with van der Waals surface area (Å²) in [7, 11) is 0. The molecule has 1 aliphatic rings. The van der Waals surface area contributed by atoms with E-state index in [9.17, 15) is 23.2 Å². The average molecular weight is 417 g/mol. The fourth-order valence-electron chi connectivity index (χ4n) is 3.10. The van der Waals surface area contributed by atoms with Crippen molar-refractivity contribution >= 4 is 11.8 Å². The Balaban J connectivity index is 2.02. The van der Waals surface area contributed by atoms with E-state index in [0.29, 0.717) is 35.6 Å². The number of ether oxygens (including phenoxy) is 1. The lowest BCUT2D eigenvalue weighted by atomic mass is 9.97. The Bertz CT molecular complexity index is 1040. The summed E-state index contributed by atoms with van der Waals surface area (Å²) < 4.78 is 44.5. The van der Waals surface area contributed by atoms with E-state index in [1.165, 1.54) is 24.3 Å². The molecular weight excluding hydrogens is 399 g/mol. The zero-order valence-corrected chi connectivity index (χ0v) is 16.0. The number of rotatable bonds is 6. The van der Waals surface area contributed by atoms with Gasteiger partial charge in [0.2, 0.25) is 0 Å². The summed E-state index contributed by atoms with van der Waals surface area (Å²) in [5.41, 5.74) is 1.77. The maximum atomic E-state index is 13.0. The number of aliphatic carboxylic acids is 1. The predicted molar refractivity (Wildman–Crippen MR) is 103 cm³/mol. The van der Waals surface area contributed by atoms with Crippen molar-refractivity contribution in [2.75, 3.05) is 18.5 Å². The van der Waals surface area contributed by atoms with Crippen LogP contribution >= 0.6 is 0 Å². The van der Waals surface area contributed by atoms with Gasteiger partial charge in [-0.05, 0) is 12.5 Å². The van der Waals surface area contributed by atoms with Crippen molar-refractivity contribution in [3.8, 4) is 23.1 Å². The number of carbonyl (C=O) groups is 1. The fraction of sp³-hybridized carbons (Fsp3) is 0.286. The molecule has 0 bridgehead atoms. The number of carboxylic acid groups (broad SMARTS) is 1. The molecule has 0 radical (unpaired) electrons. The van der Waals surface area contributed by atoms with Crippen LogP contribution in [0.5, 0.6) is 5.75 Å². The van der Waals surface area contributed by atoms with Gasteiger partial charge < -0.3 is 15.2 Å². The molecule has 30 heavy (non-hydrogen) atoms. The lowest BCUT2D eigenvalue weighted by Crippen LogP contribution is -2.17. The van der Waals surface area contributed by atoms with E-state index < -0.39 is 18.1 Å². The summed E-state index contributed by atoms with van der Waals surface area (Å²) in [6.07, 6.45) is -3.88. The van der Waals surface area contributed by atoms with Crippen molar-refractivity contribution in [3.05, 3.63) is 53.1 Å². The molecule has 0 aliphatic carbocycles. The Morgan fingerprint density at radius 3 is 2.63 bits per heavy atom. The highest BCUT2D eigenvalue weighted by Crippen LogP contribution is 2.41. The van der Waals surface area contributed by atoms with Gasteiger partial charge in [0.25, 0.3) is 0 Å². The van der Waals surface area contributed by atoms with E-state index in [0.717, 1.165) is 6.92 Å². The van der Waals surface area contributed by atoms with Gasteiger partial charge in [-0.1, -0.05) is 30.8 Å². The van der Waals surface area contributed by atoms with Crippen molar-refractivity contribution in [1.82, 2.24) is 4.98 Å². The van der Waals surface area contributed by atoms with E-state index in [2.05, 4.69) is 22.9 Å². The monoisotopic (exact) mass is 417 g/mol. The van der Waals surface area contributed by atoms with Crippen LogP contribution in [-0.4, -0.2) is 35.4 Å². The number of hydrogen-bond acceptors (Lipinski definition) is 5. The number of hydrogen-bond donors (Lipinski definition) is 2. The van der Waals surface area contributed by atoms with Crippen LogP contribution in [0.25, 0.3) is 11.3 Å². The van der Waals surface area contributed by atoms with Crippen LogP contribution in [0.2, 0.25) is 0 Å². The lowest BCUT2D eigenvalue weighted by Gasteiger charge is -2.17. The average Bonchev–Trinajstić information content (AvgIpc) is 3.19. The predicted octanol–water partition coefficient (Wildman–Crippen LogP) is 4.27. The molecule has 0 fully saturated rings. The van der Waals surface area contributed by atoms with Gasteiger partial charge in [0.05, 0.1) is 12.5 Å². The van der Waals surface area contributed by atoms with Crippen LogP contribution in [0.3, 0.4) is 0 Å². The van der Waals surface area contributed by atoms with Crippen LogP contribution in [0.15, 0.2) is 36.4 Å². The highest BCUT2D eigenvalue weighted by molar-refractivity contribution is 5.87. The van der Waals surface area contributed by atoms with Gasteiger partial charge in [-0.2, -0.15) is 18.4 Å². The molecule has 1 atom stereocenters. The molecule has 156 valence electrons. The lowest BCUT2D eigenvalue weighted by molar-refractivity contribution is -0.146. The van der Waals surface area contributed by atoms with Gasteiger partial charge in [-0.3, -0.25) is 0 Å². The summed E-state index contributed by atoms with van der Waals surface area (Å²) >= 11 is 0. The zero-order chi connectivity index (χ0) is 22.1. The van der Waals surface area contributed by atoms with Crippen LogP contribution < -0.4 is 10.1 Å². The molecule has 2 heterocycles. The standard InChI is InChI=1S/C21H18F3N3O3/c1-11(20(28)29)10-26-19-16(9-25)15-7-8-30-18(15)17(27-19)14-5-3-13(4-6-14)12(2)21(22,23)24/h3-6,12H,1,7-8,10H2,2H3,(H,26,27)(H,28,29)/t12-/m0/s1. The third-order valence-corrected chi connectivity index (χ3v) is 4.91. The molecule has 1 aromatic heterocycles. The second kappa shape index (κ2) is 8.06. The number of pyridine rings is 1. The quantitative estimate of drug-likeness (QED) is 0.682. The molecule has 0 saturated carbocycles. The fourth-order valence-corrected chi connectivity index (χ4v) is 3.10. The molecule has 3 rings (SSSR count). The molecule has 1 aliphatic heterocycles.